The van der Waals surface area contributed by atoms with Crippen molar-refractivity contribution in [1.29, 1.82) is 0 Å². The number of hydrogen-bond acceptors (Lipinski definition) is 3. The van der Waals surface area contributed by atoms with Crippen LogP contribution in [0, 0.1) is 0 Å². The molecule has 0 aromatic heterocycles. The number of anilines is 2. The van der Waals surface area contributed by atoms with Gasteiger partial charge < -0.3 is 14.8 Å². The maximum Gasteiger partial charge on any atom is 0.231 e. The molecule has 0 unspecified atom stereocenters. The largest absolute Gasteiger partial charge is 0.454 e. The van der Waals surface area contributed by atoms with E-state index in [1.807, 2.05) is 48.5 Å². The summed E-state index contributed by atoms with van der Waals surface area (Å²) in [5, 5.41) is 3.30. The van der Waals surface area contributed by atoms with Crippen molar-refractivity contribution in [2.45, 2.75) is 0 Å². The second-order valence-electron chi connectivity index (χ2n) is 3.56. The van der Waals surface area contributed by atoms with Crippen molar-refractivity contribution in [2.24, 2.45) is 0 Å². The van der Waals surface area contributed by atoms with Gasteiger partial charge in [0.05, 0.1) is 0 Å². The summed E-state index contributed by atoms with van der Waals surface area (Å²) >= 11 is 0. The smallest absolute Gasteiger partial charge is 0.231 e. The highest BCUT2D eigenvalue weighted by atomic mass is 16.7. The lowest BCUT2D eigenvalue weighted by molar-refractivity contribution is 0.174. The Morgan fingerprint density at radius 2 is 1.62 bits per heavy atom. The fourth-order valence-electron chi connectivity index (χ4n) is 1.66. The Bertz CT molecular complexity index is 497. The molecule has 0 amide bonds. The van der Waals surface area contributed by atoms with Gasteiger partial charge in [0.1, 0.15) is 0 Å². The highest BCUT2D eigenvalue weighted by Gasteiger charge is 2.12. The molecule has 3 heteroatoms. The van der Waals surface area contributed by atoms with Crippen LogP contribution in [0.2, 0.25) is 0 Å². The average molecular weight is 213 g/mol. The summed E-state index contributed by atoms with van der Waals surface area (Å²) < 4.78 is 10.6. The molecule has 3 nitrogen and oxygen atoms in total. The van der Waals surface area contributed by atoms with Crippen LogP contribution < -0.4 is 14.8 Å². The van der Waals surface area contributed by atoms with Crippen molar-refractivity contribution in [3.8, 4) is 11.5 Å². The Balaban J connectivity index is 1.86. The third-order valence-corrected chi connectivity index (χ3v) is 2.44. The van der Waals surface area contributed by atoms with Crippen molar-refractivity contribution in [2.75, 3.05) is 12.1 Å². The maximum atomic E-state index is 5.31. The van der Waals surface area contributed by atoms with E-state index in [0.29, 0.717) is 6.79 Å². The highest BCUT2D eigenvalue weighted by molar-refractivity contribution is 5.63. The van der Waals surface area contributed by atoms with E-state index in [1.165, 1.54) is 0 Å². The predicted octanol–water partition coefficient (Wildman–Crippen LogP) is 3.16. The zero-order chi connectivity index (χ0) is 10.8. The summed E-state index contributed by atoms with van der Waals surface area (Å²) in [6.07, 6.45) is 0. The van der Waals surface area contributed by atoms with Crippen molar-refractivity contribution in [1.82, 2.24) is 0 Å². The average Bonchev–Trinajstić information content (AvgIpc) is 2.77. The second kappa shape index (κ2) is 3.77. The van der Waals surface area contributed by atoms with Crippen LogP contribution >= 0.6 is 0 Å². The van der Waals surface area contributed by atoms with Crippen molar-refractivity contribution < 1.29 is 9.47 Å². The number of fused-ring (bicyclic) bond motifs is 1. The van der Waals surface area contributed by atoms with Crippen LogP contribution in [0.15, 0.2) is 48.5 Å². The minimum absolute atomic E-state index is 0.310. The van der Waals surface area contributed by atoms with Crippen molar-refractivity contribution in [3.05, 3.63) is 48.5 Å². The molecule has 16 heavy (non-hydrogen) atoms. The van der Waals surface area contributed by atoms with E-state index in [-0.39, 0.29) is 0 Å². The molecular weight excluding hydrogens is 202 g/mol. The molecule has 0 radical (unpaired) electrons. The standard InChI is InChI=1S/C13H11NO2/c1-2-4-10(5-3-1)14-11-6-7-12-13(8-11)16-9-15-12/h1-8,14H,9H2. The Morgan fingerprint density at radius 1 is 0.812 bits per heavy atom. The number of hydrogen-bond donors (Lipinski definition) is 1. The molecule has 1 aliphatic rings. The van der Waals surface area contributed by atoms with Gasteiger partial charge in [-0.1, -0.05) is 18.2 Å². The minimum Gasteiger partial charge on any atom is -0.454 e. The molecular formula is C13H11NO2. The van der Waals surface area contributed by atoms with Gasteiger partial charge in [0.15, 0.2) is 11.5 Å². The number of nitrogens with one attached hydrogen (secondary N) is 1. The molecule has 0 atom stereocenters. The van der Waals surface area contributed by atoms with E-state index in [4.69, 9.17) is 9.47 Å². The van der Waals surface area contributed by atoms with Crippen LogP contribution in [0.1, 0.15) is 0 Å². The summed E-state index contributed by atoms with van der Waals surface area (Å²) in [5.41, 5.74) is 2.05. The third kappa shape index (κ3) is 1.67. The molecule has 3 rings (SSSR count). The second-order valence-corrected chi connectivity index (χ2v) is 3.56. The molecule has 2 aromatic rings. The number of para-hydroxylation sites is 1. The minimum atomic E-state index is 0.310. The van der Waals surface area contributed by atoms with Gasteiger partial charge >= 0.3 is 0 Å². The number of ether oxygens (including phenoxy) is 2. The zero-order valence-corrected chi connectivity index (χ0v) is 8.64. The first-order valence-electron chi connectivity index (χ1n) is 5.13. The molecule has 0 spiro atoms. The summed E-state index contributed by atoms with van der Waals surface area (Å²) in [4.78, 5) is 0. The van der Waals surface area contributed by atoms with Crippen LogP contribution in [0.25, 0.3) is 0 Å². The third-order valence-electron chi connectivity index (χ3n) is 2.44. The van der Waals surface area contributed by atoms with Gasteiger partial charge in [0, 0.05) is 17.4 Å². The maximum absolute atomic E-state index is 5.31. The van der Waals surface area contributed by atoms with Gasteiger partial charge in [0.2, 0.25) is 6.79 Å². The Labute approximate surface area is 93.6 Å². The van der Waals surface area contributed by atoms with Gasteiger partial charge in [-0.3, -0.25) is 0 Å². The fraction of sp³-hybridized carbons (Fsp3) is 0.0769. The van der Waals surface area contributed by atoms with E-state index in [2.05, 4.69) is 5.32 Å². The van der Waals surface area contributed by atoms with Gasteiger partial charge in [-0.15, -0.1) is 0 Å². The van der Waals surface area contributed by atoms with Crippen LogP contribution in [-0.4, -0.2) is 6.79 Å². The monoisotopic (exact) mass is 213 g/mol. The summed E-state index contributed by atoms with van der Waals surface area (Å²) in [7, 11) is 0. The molecule has 0 saturated heterocycles. The first-order valence-corrected chi connectivity index (χ1v) is 5.13. The molecule has 0 saturated carbocycles. The quantitative estimate of drug-likeness (QED) is 0.831. The van der Waals surface area contributed by atoms with Crippen LogP contribution in [0.4, 0.5) is 11.4 Å². The summed E-state index contributed by atoms with van der Waals surface area (Å²) in [6.45, 7) is 0.310. The van der Waals surface area contributed by atoms with Crippen molar-refractivity contribution >= 4 is 11.4 Å². The van der Waals surface area contributed by atoms with E-state index in [1.54, 1.807) is 0 Å². The summed E-state index contributed by atoms with van der Waals surface area (Å²) in [5.74, 6) is 1.60. The lowest BCUT2D eigenvalue weighted by Gasteiger charge is -2.06. The molecule has 80 valence electrons. The molecule has 2 aromatic carbocycles. The molecule has 0 bridgehead atoms. The lowest BCUT2D eigenvalue weighted by Crippen LogP contribution is -1.93. The normalized spacial score (nSPS) is 12.5. The summed E-state index contributed by atoms with van der Waals surface area (Å²) in [6, 6.07) is 15.8. The Morgan fingerprint density at radius 3 is 2.50 bits per heavy atom. The SMILES string of the molecule is c1ccc(Nc2ccc3c(c2)OCO3)cc1. The van der Waals surface area contributed by atoms with E-state index in [9.17, 15) is 0 Å². The Kier molecular flexibility index (Phi) is 2.14. The van der Waals surface area contributed by atoms with Gasteiger partial charge in [-0.05, 0) is 24.3 Å². The predicted molar refractivity (Wildman–Crippen MR) is 62.3 cm³/mol. The van der Waals surface area contributed by atoms with Gasteiger partial charge in [0.25, 0.3) is 0 Å². The highest BCUT2D eigenvalue weighted by Crippen LogP contribution is 2.34. The fourth-order valence-corrected chi connectivity index (χ4v) is 1.66. The van der Waals surface area contributed by atoms with Gasteiger partial charge in [-0.25, -0.2) is 0 Å². The van der Waals surface area contributed by atoms with Crippen LogP contribution in [0.3, 0.4) is 0 Å². The molecule has 1 heterocycles. The Hall–Kier alpha value is -2.16. The van der Waals surface area contributed by atoms with Gasteiger partial charge in [-0.2, -0.15) is 0 Å². The topological polar surface area (TPSA) is 30.5 Å². The van der Waals surface area contributed by atoms with E-state index >= 15 is 0 Å². The number of rotatable bonds is 2. The molecule has 1 aliphatic heterocycles. The zero-order valence-electron chi connectivity index (χ0n) is 8.64. The molecule has 0 aliphatic carbocycles. The first kappa shape index (κ1) is 9.09. The van der Waals surface area contributed by atoms with E-state index < -0.39 is 0 Å². The van der Waals surface area contributed by atoms with Crippen LogP contribution in [0.5, 0.6) is 11.5 Å². The van der Waals surface area contributed by atoms with Crippen molar-refractivity contribution in [3.63, 3.8) is 0 Å². The first-order chi connectivity index (χ1) is 7.92. The molecule has 1 N–H and O–H groups in total. The lowest BCUT2D eigenvalue weighted by atomic mass is 10.2. The molecule has 0 fully saturated rings. The van der Waals surface area contributed by atoms with E-state index in [0.717, 1.165) is 22.9 Å². The van der Waals surface area contributed by atoms with Crippen LogP contribution in [-0.2, 0) is 0 Å². The number of benzene rings is 2.